The highest BCUT2D eigenvalue weighted by molar-refractivity contribution is 6.00. The summed E-state index contributed by atoms with van der Waals surface area (Å²) in [6.07, 6.45) is 1.98. The number of hydrogen-bond donors (Lipinski definition) is 0. The van der Waals surface area contributed by atoms with E-state index >= 15 is 0 Å². The van der Waals surface area contributed by atoms with Crippen molar-refractivity contribution in [2.24, 2.45) is 0 Å². The van der Waals surface area contributed by atoms with Crippen LogP contribution >= 0.6 is 0 Å². The molecule has 1 unspecified atom stereocenters. The van der Waals surface area contributed by atoms with Crippen molar-refractivity contribution in [1.29, 1.82) is 0 Å². The molecule has 4 aromatic rings. The highest BCUT2D eigenvalue weighted by Crippen LogP contribution is 2.33. The average molecular weight is 470 g/mol. The van der Waals surface area contributed by atoms with Crippen molar-refractivity contribution in [3.05, 3.63) is 108 Å². The number of carbonyl (C=O) groups excluding carboxylic acids is 2. The third-order valence-electron chi connectivity index (χ3n) is 6.71. The molecule has 0 aliphatic carbocycles. The molecule has 2 heterocycles. The number of halogens is 1. The van der Waals surface area contributed by atoms with Gasteiger partial charge < -0.3 is 14.4 Å². The van der Waals surface area contributed by atoms with Crippen molar-refractivity contribution in [3.63, 3.8) is 0 Å². The van der Waals surface area contributed by atoms with Crippen molar-refractivity contribution in [1.82, 2.24) is 14.4 Å². The maximum absolute atomic E-state index is 14.1. The fourth-order valence-corrected chi connectivity index (χ4v) is 4.89. The molecule has 0 spiro atoms. The van der Waals surface area contributed by atoms with Crippen LogP contribution in [0.5, 0.6) is 0 Å². The van der Waals surface area contributed by atoms with Gasteiger partial charge in [-0.05, 0) is 66.6 Å². The quantitative estimate of drug-likeness (QED) is 0.400. The number of rotatable bonds is 5. The highest BCUT2D eigenvalue weighted by Gasteiger charge is 2.34. The van der Waals surface area contributed by atoms with E-state index in [9.17, 15) is 14.0 Å². The molecule has 1 aliphatic heterocycles. The maximum atomic E-state index is 14.1. The van der Waals surface area contributed by atoms with Crippen LogP contribution in [0.1, 0.15) is 41.5 Å². The van der Waals surface area contributed by atoms with Crippen LogP contribution in [0.3, 0.4) is 0 Å². The van der Waals surface area contributed by atoms with E-state index in [0.717, 1.165) is 22.0 Å². The number of fused-ring (bicyclic) bond motifs is 2. The molecule has 0 bridgehead atoms. The van der Waals surface area contributed by atoms with Crippen molar-refractivity contribution in [2.45, 2.75) is 32.5 Å². The van der Waals surface area contributed by atoms with Gasteiger partial charge in [-0.3, -0.25) is 9.59 Å². The van der Waals surface area contributed by atoms with Crippen molar-refractivity contribution < 1.29 is 14.0 Å². The van der Waals surface area contributed by atoms with Gasteiger partial charge in [0.05, 0.1) is 6.04 Å². The number of benzene rings is 3. The molecule has 3 aromatic carbocycles. The van der Waals surface area contributed by atoms with E-state index in [4.69, 9.17) is 0 Å². The monoisotopic (exact) mass is 469 g/mol. The van der Waals surface area contributed by atoms with Crippen LogP contribution in [0.25, 0.3) is 10.8 Å². The summed E-state index contributed by atoms with van der Waals surface area (Å²) < 4.78 is 16.2. The van der Waals surface area contributed by atoms with Gasteiger partial charge >= 0.3 is 0 Å². The third kappa shape index (κ3) is 4.44. The molecule has 0 N–H and O–H groups in total. The van der Waals surface area contributed by atoms with Crippen LogP contribution in [0.4, 0.5) is 4.39 Å². The zero-order chi connectivity index (χ0) is 24.5. The molecule has 0 fully saturated rings. The summed E-state index contributed by atoms with van der Waals surface area (Å²) in [5.41, 5.74) is 2.21. The van der Waals surface area contributed by atoms with Crippen LogP contribution in [0.15, 0.2) is 85.1 Å². The number of nitrogens with zero attached hydrogens (tertiary/aromatic N) is 3. The molecule has 5 nitrogen and oxygen atoms in total. The second kappa shape index (κ2) is 9.37. The first-order chi connectivity index (χ1) is 16.9. The summed E-state index contributed by atoms with van der Waals surface area (Å²) in [7, 11) is 0. The molecule has 35 heavy (non-hydrogen) atoms. The van der Waals surface area contributed by atoms with Crippen molar-refractivity contribution in [2.75, 3.05) is 13.1 Å². The van der Waals surface area contributed by atoms with E-state index in [0.29, 0.717) is 18.7 Å². The molecule has 2 amide bonds. The van der Waals surface area contributed by atoms with E-state index < -0.39 is 6.04 Å². The van der Waals surface area contributed by atoms with E-state index in [1.165, 1.54) is 12.1 Å². The lowest BCUT2D eigenvalue weighted by Crippen LogP contribution is -2.49. The van der Waals surface area contributed by atoms with E-state index in [1.54, 1.807) is 15.9 Å². The molecule has 178 valence electrons. The van der Waals surface area contributed by atoms with E-state index in [2.05, 4.69) is 4.57 Å². The molecule has 5 rings (SSSR count). The first kappa shape index (κ1) is 22.8. The SMILES string of the molecule is CC(C)N(CC(=O)N1CCn2cccc2C1c1cccc(F)c1)C(=O)c1ccc2ccccc2c1. The maximum Gasteiger partial charge on any atom is 0.254 e. The molecule has 0 saturated carbocycles. The fraction of sp³-hybridized carbons (Fsp3) is 0.241. The standard InChI is InChI=1S/C29H28FN3O2/c1-20(2)33(29(35)24-13-12-21-7-3-4-8-22(21)17-24)19-27(34)32-16-15-31-14-6-11-26(31)28(32)23-9-5-10-25(30)18-23/h3-14,17-18,20,28H,15-16,19H2,1-2H3. The number of amides is 2. The Balaban J connectivity index is 1.44. The van der Waals surface area contributed by atoms with Gasteiger partial charge in [0, 0.05) is 36.6 Å². The summed E-state index contributed by atoms with van der Waals surface area (Å²) in [5, 5.41) is 2.04. The lowest BCUT2D eigenvalue weighted by molar-refractivity contribution is -0.135. The second-order valence-electron chi connectivity index (χ2n) is 9.26. The molecule has 6 heteroatoms. The number of hydrogen-bond acceptors (Lipinski definition) is 2. The topological polar surface area (TPSA) is 45.6 Å². The molecular weight excluding hydrogens is 441 g/mol. The number of aromatic nitrogens is 1. The Kier molecular flexibility index (Phi) is 6.12. The van der Waals surface area contributed by atoms with Gasteiger partial charge in [-0.1, -0.05) is 42.5 Å². The lowest BCUT2D eigenvalue weighted by atomic mass is 9.99. The summed E-state index contributed by atoms with van der Waals surface area (Å²) >= 11 is 0. The number of carbonyl (C=O) groups is 2. The van der Waals surface area contributed by atoms with Crippen LogP contribution in [-0.2, 0) is 11.3 Å². The fourth-order valence-electron chi connectivity index (χ4n) is 4.89. The normalized spacial score (nSPS) is 15.3. The van der Waals surface area contributed by atoms with Gasteiger partial charge in [-0.15, -0.1) is 0 Å². The minimum Gasteiger partial charge on any atom is -0.348 e. The minimum absolute atomic E-state index is 0.0458. The van der Waals surface area contributed by atoms with Crippen molar-refractivity contribution >= 4 is 22.6 Å². The van der Waals surface area contributed by atoms with Crippen LogP contribution < -0.4 is 0 Å². The highest BCUT2D eigenvalue weighted by atomic mass is 19.1. The molecular formula is C29H28FN3O2. The van der Waals surface area contributed by atoms with E-state index in [-0.39, 0.29) is 30.2 Å². The van der Waals surface area contributed by atoms with Gasteiger partial charge in [-0.2, -0.15) is 0 Å². The molecule has 1 aromatic heterocycles. The Morgan fingerprint density at radius 2 is 1.74 bits per heavy atom. The van der Waals surface area contributed by atoms with Gasteiger partial charge in [0.2, 0.25) is 5.91 Å². The third-order valence-corrected chi connectivity index (χ3v) is 6.71. The van der Waals surface area contributed by atoms with Gasteiger partial charge in [0.25, 0.3) is 5.91 Å². The Morgan fingerprint density at radius 3 is 2.51 bits per heavy atom. The van der Waals surface area contributed by atoms with Crippen LogP contribution in [0, 0.1) is 5.82 Å². The van der Waals surface area contributed by atoms with Gasteiger partial charge in [-0.25, -0.2) is 4.39 Å². The predicted octanol–water partition coefficient (Wildman–Crippen LogP) is 5.26. The van der Waals surface area contributed by atoms with E-state index in [1.807, 2.05) is 80.7 Å². The molecule has 0 saturated heterocycles. The predicted molar refractivity (Wildman–Crippen MR) is 135 cm³/mol. The van der Waals surface area contributed by atoms with Crippen molar-refractivity contribution in [3.8, 4) is 0 Å². The Hall–Kier alpha value is -3.93. The zero-order valence-electron chi connectivity index (χ0n) is 19.9. The van der Waals surface area contributed by atoms with Crippen LogP contribution in [-0.4, -0.2) is 45.3 Å². The summed E-state index contributed by atoms with van der Waals surface area (Å²) in [6, 6.07) is 23.2. The first-order valence-electron chi connectivity index (χ1n) is 11.9. The molecule has 0 radical (unpaired) electrons. The Bertz CT molecular complexity index is 1390. The minimum atomic E-state index is -0.410. The first-order valence-corrected chi connectivity index (χ1v) is 11.9. The Morgan fingerprint density at radius 1 is 0.943 bits per heavy atom. The smallest absolute Gasteiger partial charge is 0.254 e. The summed E-state index contributed by atoms with van der Waals surface area (Å²) in [6.45, 7) is 4.92. The van der Waals surface area contributed by atoms with Gasteiger partial charge in [0.15, 0.2) is 0 Å². The van der Waals surface area contributed by atoms with Gasteiger partial charge in [0.1, 0.15) is 12.4 Å². The molecule has 1 atom stereocenters. The lowest BCUT2D eigenvalue weighted by Gasteiger charge is -2.39. The second-order valence-corrected chi connectivity index (χ2v) is 9.26. The summed E-state index contributed by atoms with van der Waals surface area (Å²) in [4.78, 5) is 30.6. The summed E-state index contributed by atoms with van der Waals surface area (Å²) in [5.74, 6) is -0.676. The molecule has 1 aliphatic rings. The zero-order valence-corrected chi connectivity index (χ0v) is 19.9. The largest absolute Gasteiger partial charge is 0.348 e. The van der Waals surface area contributed by atoms with Crippen LogP contribution in [0.2, 0.25) is 0 Å². The average Bonchev–Trinajstić information content (AvgIpc) is 3.34. The Labute approximate surface area is 204 Å².